The molecule has 8 heteroatoms. The number of fused-ring (bicyclic) bond motifs is 1. The van der Waals surface area contributed by atoms with Gasteiger partial charge in [-0.1, -0.05) is 48.5 Å². The van der Waals surface area contributed by atoms with Crippen LogP contribution >= 0.6 is 0 Å². The smallest absolute Gasteiger partial charge is 0.260 e. The summed E-state index contributed by atoms with van der Waals surface area (Å²) in [5.74, 6) is 1.69. The largest absolute Gasteiger partial charge is 0.493 e. The maximum atomic E-state index is 13.4. The normalized spacial score (nSPS) is 10.9. The lowest BCUT2D eigenvalue weighted by molar-refractivity contribution is 0.102. The van der Waals surface area contributed by atoms with E-state index < -0.39 is 5.91 Å². The summed E-state index contributed by atoms with van der Waals surface area (Å²) in [5.41, 5.74) is 2.39. The molecule has 0 atom stereocenters. The van der Waals surface area contributed by atoms with Gasteiger partial charge < -0.3 is 19.2 Å². The Kier molecular flexibility index (Phi) is 6.47. The second-order valence-electron chi connectivity index (χ2n) is 8.41. The van der Waals surface area contributed by atoms with Crippen molar-refractivity contribution < 1.29 is 18.7 Å². The Balaban J connectivity index is 1.51. The molecule has 1 amide bonds. The van der Waals surface area contributed by atoms with E-state index in [0.717, 1.165) is 11.1 Å². The van der Waals surface area contributed by atoms with Crippen molar-refractivity contribution in [2.24, 2.45) is 0 Å². The molecule has 0 bridgehead atoms. The first kappa shape index (κ1) is 23.9. The van der Waals surface area contributed by atoms with Crippen LogP contribution in [0.2, 0.25) is 0 Å². The van der Waals surface area contributed by atoms with Gasteiger partial charge in [-0.3, -0.25) is 9.59 Å². The molecule has 0 unspecified atom stereocenters. The summed E-state index contributed by atoms with van der Waals surface area (Å²) < 4.78 is 18.8. The molecule has 8 nitrogen and oxygen atoms in total. The number of amides is 1. The third-order valence-electron chi connectivity index (χ3n) is 6.19. The van der Waals surface area contributed by atoms with Gasteiger partial charge >= 0.3 is 0 Å². The molecule has 0 aliphatic rings. The predicted molar refractivity (Wildman–Crippen MR) is 141 cm³/mol. The highest BCUT2D eigenvalue weighted by Gasteiger charge is 2.20. The van der Waals surface area contributed by atoms with Crippen LogP contribution in [0, 0.1) is 6.92 Å². The number of ether oxygens (including phenoxy) is 2. The molecule has 3 aromatic carbocycles. The Morgan fingerprint density at radius 3 is 2.51 bits per heavy atom. The maximum absolute atomic E-state index is 13.4. The molecule has 0 aliphatic carbocycles. The minimum atomic E-state index is -0.420. The molecule has 5 rings (SSSR count). The summed E-state index contributed by atoms with van der Waals surface area (Å²) in [5, 5.41) is 7.62. The Labute approximate surface area is 213 Å². The van der Waals surface area contributed by atoms with Crippen LogP contribution in [-0.4, -0.2) is 29.9 Å². The second kappa shape index (κ2) is 10.0. The number of nitrogens with zero attached hydrogens (tertiary/aromatic N) is 2. The van der Waals surface area contributed by atoms with Gasteiger partial charge in [0.15, 0.2) is 22.5 Å². The van der Waals surface area contributed by atoms with Crippen molar-refractivity contribution in [3.8, 4) is 22.8 Å². The van der Waals surface area contributed by atoms with Crippen LogP contribution in [0.15, 0.2) is 88.2 Å². The number of rotatable bonds is 7. The van der Waals surface area contributed by atoms with Crippen molar-refractivity contribution in [3.63, 3.8) is 0 Å². The summed E-state index contributed by atoms with van der Waals surface area (Å²) in [7, 11) is 3.15. The highest BCUT2D eigenvalue weighted by Crippen LogP contribution is 2.32. The van der Waals surface area contributed by atoms with Gasteiger partial charge in [-0.25, -0.2) is 4.68 Å². The van der Waals surface area contributed by atoms with Crippen molar-refractivity contribution in [2.45, 2.75) is 13.5 Å². The summed E-state index contributed by atoms with van der Waals surface area (Å²) >= 11 is 0. The maximum Gasteiger partial charge on any atom is 0.260 e. The molecule has 186 valence electrons. The lowest BCUT2D eigenvalue weighted by atomic mass is 10.0. The quantitative estimate of drug-likeness (QED) is 0.330. The third kappa shape index (κ3) is 4.45. The van der Waals surface area contributed by atoms with Crippen molar-refractivity contribution >= 4 is 22.7 Å². The van der Waals surface area contributed by atoms with Gasteiger partial charge in [0.05, 0.1) is 37.9 Å². The lowest BCUT2D eigenvalue weighted by Gasteiger charge is -2.14. The van der Waals surface area contributed by atoms with Crippen molar-refractivity contribution in [1.82, 2.24) is 9.78 Å². The fourth-order valence-electron chi connectivity index (χ4n) is 4.34. The van der Waals surface area contributed by atoms with Crippen molar-refractivity contribution in [2.75, 3.05) is 19.5 Å². The van der Waals surface area contributed by atoms with E-state index in [2.05, 4.69) is 10.4 Å². The number of benzene rings is 3. The first-order chi connectivity index (χ1) is 18.0. The number of nitrogens with one attached hydrogen (secondary N) is 1. The number of methoxy groups -OCH3 is 2. The number of carbonyl (C=O) groups is 1. The minimum Gasteiger partial charge on any atom is -0.493 e. The summed E-state index contributed by atoms with van der Waals surface area (Å²) in [6, 6.07) is 21.6. The molecule has 37 heavy (non-hydrogen) atoms. The number of anilines is 1. The van der Waals surface area contributed by atoms with Gasteiger partial charge in [0.2, 0.25) is 0 Å². The van der Waals surface area contributed by atoms with E-state index >= 15 is 0 Å². The molecule has 0 radical (unpaired) electrons. The number of hydrogen-bond acceptors (Lipinski definition) is 6. The first-order valence-electron chi connectivity index (χ1n) is 11.7. The second-order valence-corrected chi connectivity index (χ2v) is 8.41. The van der Waals surface area contributed by atoms with Crippen molar-refractivity contribution in [1.29, 1.82) is 0 Å². The average molecular weight is 496 g/mol. The monoisotopic (exact) mass is 495 g/mol. The molecule has 0 saturated heterocycles. The molecule has 1 N–H and O–H groups in total. The molecule has 2 aromatic heterocycles. The summed E-state index contributed by atoms with van der Waals surface area (Å²) in [4.78, 5) is 26.6. The Morgan fingerprint density at radius 2 is 1.76 bits per heavy atom. The lowest BCUT2D eigenvalue weighted by Crippen LogP contribution is -2.18. The van der Waals surface area contributed by atoms with Gasteiger partial charge in [0, 0.05) is 22.8 Å². The van der Waals surface area contributed by atoms with Crippen LogP contribution in [0.1, 0.15) is 21.5 Å². The Morgan fingerprint density at radius 1 is 0.973 bits per heavy atom. The Hall–Kier alpha value is -4.85. The topological polar surface area (TPSA) is 95.6 Å². The summed E-state index contributed by atoms with van der Waals surface area (Å²) in [6.07, 6.45) is 1.60. The van der Waals surface area contributed by atoms with E-state index in [9.17, 15) is 9.59 Å². The van der Waals surface area contributed by atoms with Crippen LogP contribution in [0.25, 0.3) is 22.3 Å². The van der Waals surface area contributed by atoms with Crippen LogP contribution in [0.4, 0.5) is 5.82 Å². The SMILES string of the molecule is COc1cccc(Cn2nccc2NC(=O)c2cccc3c(=O)c(C)c(-c4ccccc4)oc23)c1OC. The number of para-hydroxylation sites is 2. The zero-order chi connectivity index (χ0) is 25.9. The van der Waals surface area contributed by atoms with E-state index in [0.29, 0.717) is 40.6 Å². The van der Waals surface area contributed by atoms with E-state index in [-0.39, 0.29) is 16.6 Å². The van der Waals surface area contributed by atoms with E-state index in [1.165, 1.54) is 0 Å². The molecular weight excluding hydrogens is 470 g/mol. The van der Waals surface area contributed by atoms with Gasteiger partial charge in [-0.2, -0.15) is 5.10 Å². The minimum absolute atomic E-state index is 0.176. The fraction of sp³-hybridized carbons (Fsp3) is 0.138. The van der Waals surface area contributed by atoms with Gasteiger partial charge in [-0.15, -0.1) is 0 Å². The van der Waals surface area contributed by atoms with Gasteiger partial charge in [-0.05, 0) is 25.1 Å². The van der Waals surface area contributed by atoms with Gasteiger partial charge in [0.25, 0.3) is 5.91 Å². The molecule has 0 saturated carbocycles. The third-order valence-corrected chi connectivity index (χ3v) is 6.19. The number of carbonyl (C=O) groups excluding carboxylic acids is 1. The number of aromatic nitrogens is 2. The van der Waals surface area contributed by atoms with Crippen LogP contribution < -0.4 is 20.2 Å². The predicted octanol–water partition coefficient (Wildman–Crippen LogP) is 5.28. The van der Waals surface area contributed by atoms with Crippen LogP contribution in [-0.2, 0) is 6.54 Å². The molecule has 2 heterocycles. The van der Waals surface area contributed by atoms with E-state index in [1.807, 2.05) is 48.5 Å². The fourth-order valence-corrected chi connectivity index (χ4v) is 4.34. The Bertz CT molecular complexity index is 1650. The number of hydrogen-bond donors (Lipinski definition) is 1. The highest BCUT2D eigenvalue weighted by atomic mass is 16.5. The zero-order valence-electron chi connectivity index (χ0n) is 20.6. The van der Waals surface area contributed by atoms with Crippen molar-refractivity contribution in [3.05, 3.63) is 106 Å². The average Bonchev–Trinajstić information content (AvgIpc) is 3.36. The zero-order valence-corrected chi connectivity index (χ0v) is 20.6. The van der Waals surface area contributed by atoms with E-state index in [4.69, 9.17) is 13.9 Å². The highest BCUT2D eigenvalue weighted by molar-refractivity contribution is 6.11. The standard InChI is InChI=1S/C29H25N3O5/c1-18-25(33)21-12-8-13-22(28(21)37-26(18)19-9-5-4-6-10-19)29(34)31-24-15-16-30-32(24)17-20-11-7-14-23(35-2)27(20)36-3/h4-16H,17H2,1-3H3,(H,31,34). The molecular formula is C29H25N3O5. The first-order valence-corrected chi connectivity index (χ1v) is 11.7. The molecule has 0 spiro atoms. The van der Waals surface area contributed by atoms with Crippen LogP contribution in [0.3, 0.4) is 0 Å². The summed E-state index contributed by atoms with van der Waals surface area (Å²) in [6.45, 7) is 2.07. The van der Waals surface area contributed by atoms with Gasteiger partial charge in [0.1, 0.15) is 11.6 Å². The van der Waals surface area contributed by atoms with E-state index in [1.54, 1.807) is 56.3 Å². The molecule has 0 aliphatic heterocycles. The molecule has 5 aromatic rings. The van der Waals surface area contributed by atoms with Crippen LogP contribution in [0.5, 0.6) is 11.5 Å². The molecule has 0 fully saturated rings.